The van der Waals surface area contributed by atoms with Crippen molar-refractivity contribution < 1.29 is 143 Å². The molecule has 0 bridgehead atoms. The third kappa shape index (κ3) is 23.6. The quantitative estimate of drug-likeness (QED) is 0.0205. The molecule has 11 aromatic carbocycles. The molecule has 4 saturated heterocycles. The van der Waals surface area contributed by atoms with Gasteiger partial charge in [0.2, 0.25) is 0 Å². The molecule has 680 valence electrons. The van der Waals surface area contributed by atoms with Crippen molar-refractivity contribution >= 4 is 65.7 Å². The summed E-state index contributed by atoms with van der Waals surface area (Å²) in [4.78, 5) is 164. The third-order valence-corrected chi connectivity index (χ3v) is 21.6. The fourth-order valence-electron chi connectivity index (χ4n) is 15.0. The number of hydrogen-bond donors (Lipinski definition) is 0. The van der Waals surface area contributed by atoms with Gasteiger partial charge in [0.1, 0.15) is 31.5 Å². The van der Waals surface area contributed by atoms with Crippen LogP contribution in [0.5, 0.6) is 0 Å². The molecule has 0 aromatic heterocycles. The molecule has 133 heavy (non-hydrogen) atoms. The fourth-order valence-corrected chi connectivity index (χ4v) is 15.0. The van der Waals surface area contributed by atoms with Gasteiger partial charge in [-0.15, -0.1) is 6.58 Å². The van der Waals surface area contributed by atoms with Crippen molar-refractivity contribution in [3.63, 3.8) is 0 Å². The average molecular weight is 1810 g/mol. The maximum atomic E-state index is 15.6. The van der Waals surface area contributed by atoms with Gasteiger partial charge in [0.05, 0.1) is 80.5 Å². The van der Waals surface area contributed by atoms with Crippen LogP contribution in [0.4, 0.5) is 0 Å². The molecule has 0 spiro atoms. The minimum absolute atomic E-state index is 0.00852. The Kier molecular flexibility index (Phi) is 31.4. The normalized spacial score (nSPS) is 24.1. The molecular formula is C103H88O30. The van der Waals surface area contributed by atoms with Gasteiger partial charge in [-0.1, -0.05) is 206 Å². The lowest BCUT2D eigenvalue weighted by molar-refractivity contribution is -0.381. The Morgan fingerprint density at radius 1 is 0.226 bits per heavy atom. The van der Waals surface area contributed by atoms with E-state index in [9.17, 15) is 28.8 Å². The smallest absolute Gasteiger partial charge is 0.338 e. The summed E-state index contributed by atoms with van der Waals surface area (Å²) in [7, 11) is 0. The van der Waals surface area contributed by atoms with Crippen LogP contribution in [0.15, 0.2) is 346 Å². The predicted octanol–water partition coefficient (Wildman–Crippen LogP) is 13.6. The third-order valence-electron chi connectivity index (χ3n) is 21.6. The van der Waals surface area contributed by atoms with E-state index in [0.717, 1.165) is 0 Å². The van der Waals surface area contributed by atoms with Crippen molar-refractivity contribution in [3.8, 4) is 0 Å². The highest BCUT2D eigenvalue weighted by molar-refractivity contribution is 5.95. The predicted molar refractivity (Wildman–Crippen MR) is 466 cm³/mol. The van der Waals surface area contributed by atoms with Crippen LogP contribution in [0, 0.1) is 0 Å². The second kappa shape index (κ2) is 45.0. The molecule has 15 rings (SSSR count). The van der Waals surface area contributed by atoms with Gasteiger partial charge in [0, 0.05) is 0 Å². The minimum atomic E-state index is -2.38. The summed E-state index contributed by atoms with van der Waals surface area (Å²) < 4.78 is 126. The van der Waals surface area contributed by atoms with Crippen molar-refractivity contribution in [1.82, 2.24) is 0 Å². The van der Waals surface area contributed by atoms with E-state index in [1.165, 1.54) is 195 Å². The van der Waals surface area contributed by atoms with Gasteiger partial charge in [-0.05, 0) is 140 Å². The molecule has 30 heteroatoms. The first-order valence-corrected chi connectivity index (χ1v) is 42.5. The molecule has 0 amide bonds. The van der Waals surface area contributed by atoms with Gasteiger partial charge in [0.25, 0.3) is 0 Å². The molecule has 4 heterocycles. The lowest BCUT2D eigenvalue weighted by atomic mass is 9.95. The van der Waals surface area contributed by atoms with Crippen LogP contribution in [-0.2, 0) is 90.0 Å². The van der Waals surface area contributed by atoms with Crippen molar-refractivity contribution in [2.24, 2.45) is 0 Å². The monoisotopic (exact) mass is 1800 g/mol. The molecule has 0 radical (unpaired) electrons. The minimum Gasteiger partial charge on any atom is -0.459 e. The van der Waals surface area contributed by atoms with E-state index < -0.39 is 209 Å². The van der Waals surface area contributed by atoms with Crippen LogP contribution in [-0.4, -0.2) is 209 Å². The SMILES string of the molecule is C=CCO[C@H]1O[C@H](CO[C@@H]2O[C@@H](C)[C@H](OC(=O)c3ccccc3)[C@@H](OC(=O)c3ccccc3)[C@H]2OC(=O)c2ccccc2)[C@@H](OC(=O)c2ccccc2)[C@H](OC(=O)c2ccccc2)[C@H]1O[C@H]1O[C@H](COC(=O)c2ccccc2)[C@@H](OC(=O)c2ccccc2)[C@H](OC(=O)c2ccccc2)[C@@H]1O[C@H]1O[C@H](COC(=O)c2ccccc2)[C@@H](OC(=O)c2ccccc2)[C@@H]1OC(=O)c1ccccc1. The second-order valence-corrected chi connectivity index (χ2v) is 30.5. The van der Waals surface area contributed by atoms with E-state index >= 15 is 24.0 Å². The van der Waals surface area contributed by atoms with Crippen molar-refractivity contribution in [1.29, 1.82) is 0 Å². The average Bonchev–Trinajstić information content (AvgIpc) is 1.63. The van der Waals surface area contributed by atoms with Crippen LogP contribution in [0.3, 0.4) is 0 Å². The van der Waals surface area contributed by atoms with Gasteiger partial charge in [0.15, 0.2) is 92.3 Å². The molecular weight excluding hydrogens is 1720 g/mol. The van der Waals surface area contributed by atoms with Gasteiger partial charge in [-0.25, -0.2) is 52.7 Å². The van der Waals surface area contributed by atoms with Crippen LogP contribution < -0.4 is 0 Å². The molecule has 0 unspecified atom stereocenters. The zero-order valence-corrected chi connectivity index (χ0v) is 71.1. The molecule has 0 N–H and O–H groups in total. The van der Waals surface area contributed by atoms with Crippen molar-refractivity contribution in [2.75, 3.05) is 26.4 Å². The number of carbonyl (C=O) groups excluding carboxylic acids is 11. The van der Waals surface area contributed by atoms with E-state index in [4.69, 9.17) is 90.0 Å². The summed E-state index contributed by atoms with van der Waals surface area (Å²) >= 11 is 0. The highest BCUT2D eigenvalue weighted by Crippen LogP contribution is 2.42. The van der Waals surface area contributed by atoms with Gasteiger partial charge in [-0.2, -0.15) is 0 Å². The maximum Gasteiger partial charge on any atom is 0.338 e. The molecule has 0 saturated carbocycles. The van der Waals surface area contributed by atoms with Crippen LogP contribution in [0.2, 0.25) is 0 Å². The summed E-state index contributed by atoms with van der Waals surface area (Å²) in [5.41, 5.74) is -0.313. The highest BCUT2D eigenvalue weighted by atomic mass is 16.8. The molecule has 30 nitrogen and oxygen atoms in total. The topological polar surface area (TPSA) is 363 Å². The number of benzene rings is 11. The van der Waals surface area contributed by atoms with E-state index in [-0.39, 0.29) is 61.2 Å². The lowest BCUT2D eigenvalue weighted by Gasteiger charge is -2.49. The Morgan fingerprint density at radius 2 is 0.421 bits per heavy atom. The Bertz CT molecular complexity index is 5760. The van der Waals surface area contributed by atoms with Crippen LogP contribution in [0.25, 0.3) is 0 Å². The number of rotatable bonds is 34. The van der Waals surface area contributed by atoms with Crippen LogP contribution >= 0.6 is 0 Å². The first-order chi connectivity index (χ1) is 64.9. The summed E-state index contributed by atoms with van der Waals surface area (Å²) in [6, 6.07) is 83.9. The molecule has 4 fully saturated rings. The fraction of sp³-hybridized carbons (Fsp3) is 0.233. The zero-order valence-electron chi connectivity index (χ0n) is 71.1. The van der Waals surface area contributed by atoms with E-state index in [2.05, 4.69) is 6.58 Å². The Balaban J connectivity index is 0.894. The van der Waals surface area contributed by atoms with E-state index in [0.29, 0.717) is 0 Å². The number of hydrogen-bond acceptors (Lipinski definition) is 30. The van der Waals surface area contributed by atoms with Gasteiger partial charge < -0.3 is 90.0 Å². The van der Waals surface area contributed by atoms with E-state index in [1.54, 1.807) is 152 Å². The number of carbonyl (C=O) groups is 11. The van der Waals surface area contributed by atoms with Gasteiger partial charge in [-0.3, -0.25) is 0 Å². The zero-order chi connectivity index (χ0) is 92.5. The maximum absolute atomic E-state index is 15.6. The molecule has 19 atom stereocenters. The summed E-state index contributed by atoms with van der Waals surface area (Å²) in [5, 5.41) is 0. The molecule has 0 aliphatic carbocycles. The molecule has 4 aliphatic heterocycles. The number of ether oxygens (including phenoxy) is 19. The molecule has 11 aromatic rings. The number of esters is 11. The van der Waals surface area contributed by atoms with Crippen molar-refractivity contribution in [2.45, 2.75) is 124 Å². The Hall–Kier alpha value is -15.0. The summed E-state index contributed by atoms with van der Waals surface area (Å²) in [6.07, 6.45) is -36.2. The lowest BCUT2D eigenvalue weighted by Crippen LogP contribution is -2.68. The molecule has 4 aliphatic rings. The summed E-state index contributed by atoms with van der Waals surface area (Å²) in [6.45, 7) is 2.30. The Labute approximate surface area is 762 Å². The largest absolute Gasteiger partial charge is 0.459 e. The van der Waals surface area contributed by atoms with Gasteiger partial charge >= 0.3 is 65.7 Å². The van der Waals surface area contributed by atoms with E-state index in [1.807, 2.05) is 0 Å². The van der Waals surface area contributed by atoms with Crippen LogP contribution in [0.1, 0.15) is 121 Å². The second-order valence-electron chi connectivity index (χ2n) is 30.5. The first kappa shape index (κ1) is 92.7. The Morgan fingerprint density at radius 3 is 0.699 bits per heavy atom. The standard InChI is InChI=1S/C103H88O30/c1-3-59-115-100-87(83(128-96(111)71-51-29-11-30-52-71)80(125-93(108)68-45-23-8-24-46-68)77(120-100)62-118-101-86(131-99(114)74-57-35-14-36-58-74)82(127-95(110)70-49-27-10-28-50-70)78(63(2)119-101)123-91(106)66-41-19-6-20-42-66)132-103-88(84(129-97(112)72-53-31-12-32-54-72)79(124-92(107)67-43-21-7-22-44-67)75(121-103)60-116-89(104)64-37-15-4-16-38-64)133-102-85(130-98(113)73-55-33-13-34-56-73)81(126-94(109)69-47-25-9-26-48-69)76(122-102)61-117-90(105)65-39-17-5-18-40-65/h3-58,63,75-88,100-103H,1,59-62H2,2H3/t63-,75+,76+,77+,78-,79+,80+,81+,82+,83-,84-,85-,86+,87+,88-,100-,101+,102+,103+/m0/s1. The van der Waals surface area contributed by atoms with Crippen molar-refractivity contribution in [3.05, 3.63) is 408 Å². The highest BCUT2D eigenvalue weighted by Gasteiger charge is 2.62. The summed E-state index contributed by atoms with van der Waals surface area (Å²) in [5.74, 6) is -11.3. The first-order valence-electron chi connectivity index (χ1n) is 42.5.